The molecule has 1 unspecified atom stereocenters. The van der Waals surface area contributed by atoms with E-state index in [4.69, 9.17) is 5.26 Å². The Bertz CT molecular complexity index is 476. The Morgan fingerprint density at radius 3 is 2.72 bits per heavy atom. The summed E-state index contributed by atoms with van der Waals surface area (Å²) in [6.07, 6.45) is 0.343. The number of carbonyl (C=O) groups excluding carboxylic acids is 1. The fourth-order valence-corrected chi connectivity index (χ4v) is 1.75. The first-order valence-corrected chi connectivity index (χ1v) is 5.93. The molecule has 0 heterocycles. The summed E-state index contributed by atoms with van der Waals surface area (Å²) in [5, 5.41) is 11.7. The van der Waals surface area contributed by atoms with Gasteiger partial charge in [0.15, 0.2) is 0 Å². The maximum absolute atomic E-state index is 12.2. The monoisotopic (exact) mass is 245 g/mol. The van der Waals surface area contributed by atoms with E-state index in [0.29, 0.717) is 12.0 Å². The van der Waals surface area contributed by atoms with Gasteiger partial charge in [-0.05, 0) is 37.6 Å². The molecule has 4 nitrogen and oxygen atoms in total. The number of nitrogens with one attached hydrogen (secondary N) is 1. The van der Waals surface area contributed by atoms with E-state index in [9.17, 15) is 4.79 Å². The van der Waals surface area contributed by atoms with Gasteiger partial charge in [0, 0.05) is 31.4 Å². The highest BCUT2D eigenvalue weighted by molar-refractivity contribution is 5.95. The second kappa shape index (κ2) is 6.06. The Labute approximate surface area is 108 Å². The maximum Gasteiger partial charge on any atom is 0.253 e. The molecule has 0 saturated carbocycles. The Morgan fingerprint density at radius 2 is 2.22 bits per heavy atom. The van der Waals surface area contributed by atoms with Gasteiger partial charge in [-0.2, -0.15) is 5.26 Å². The molecule has 0 spiro atoms. The van der Waals surface area contributed by atoms with Crippen molar-refractivity contribution in [3.63, 3.8) is 0 Å². The van der Waals surface area contributed by atoms with E-state index in [1.165, 1.54) is 0 Å². The van der Waals surface area contributed by atoms with Gasteiger partial charge in [-0.3, -0.25) is 4.79 Å². The third-order valence-corrected chi connectivity index (χ3v) is 3.11. The molecule has 0 aliphatic carbocycles. The molecule has 0 aliphatic heterocycles. The molecule has 0 bridgehead atoms. The highest BCUT2D eigenvalue weighted by Crippen LogP contribution is 2.17. The lowest BCUT2D eigenvalue weighted by molar-refractivity contribution is 0.0746. The van der Waals surface area contributed by atoms with Crippen LogP contribution < -0.4 is 5.32 Å². The Kier molecular flexibility index (Phi) is 4.73. The van der Waals surface area contributed by atoms with E-state index in [1.54, 1.807) is 18.0 Å². The summed E-state index contributed by atoms with van der Waals surface area (Å²) in [5.41, 5.74) is 2.70. The Morgan fingerprint density at radius 1 is 1.56 bits per heavy atom. The summed E-state index contributed by atoms with van der Waals surface area (Å²) in [6.45, 7) is 3.83. The number of aryl methyl sites for hydroxylation is 1. The summed E-state index contributed by atoms with van der Waals surface area (Å²) < 4.78 is 0. The van der Waals surface area contributed by atoms with Gasteiger partial charge in [0.2, 0.25) is 0 Å². The first-order valence-electron chi connectivity index (χ1n) is 5.93. The van der Waals surface area contributed by atoms with Crippen molar-refractivity contribution in [2.75, 3.05) is 19.4 Å². The molecule has 0 aromatic heterocycles. The van der Waals surface area contributed by atoms with E-state index in [0.717, 1.165) is 11.3 Å². The number of nitriles is 1. The molecular formula is C14H19N3O. The van der Waals surface area contributed by atoms with Crippen LogP contribution in [0.2, 0.25) is 0 Å². The minimum atomic E-state index is -0.0771. The molecule has 1 N–H and O–H groups in total. The van der Waals surface area contributed by atoms with Gasteiger partial charge in [-0.1, -0.05) is 0 Å². The van der Waals surface area contributed by atoms with Gasteiger partial charge in [0.05, 0.1) is 12.5 Å². The third-order valence-electron chi connectivity index (χ3n) is 3.11. The summed E-state index contributed by atoms with van der Waals surface area (Å²) in [6, 6.07) is 7.56. The van der Waals surface area contributed by atoms with Crippen LogP contribution in [0.4, 0.5) is 5.69 Å². The van der Waals surface area contributed by atoms with Crippen molar-refractivity contribution in [3.05, 3.63) is 29.3 Å². The minimum absolute atomic E-state index is 0.0523. The van der Waals surface area contributed by atoms with E-state index in [2.05, 4.69) is 11.4 Å². The smallest absolute Gasteiger partial charge is 0.253 e. The number of benzene rings is 1. The second-order valence-corrected chi connectivity index (χ2v) is 4.41. The lowest BCUT2D eigenvalue weighted by atomic mass is 10.1. The highest BCUT2D eigenvalue weighted by Gasteiger charge is 2.17. The zero-order valence-electron chi connectivity index (χ0n) is 11.3. The predicted octanol–water partition coefficient (Wildman–Crippen LogP) is 2.41. The Balaban J connectivity index is 2.91. The number of hydrogen-bond acceptors (Lipinski definition) is 3. The van der Waals surface area contributed by atoms with Gasteiger partial charge in [0.25, 0.3) is 5.91 Å². The van der Waals surface area contributed by atoms with Crippen molar-refractivity contribution in [1.29, 1.82) is 5.26 Å². The van der Waals surface area contributed by atoms with Crippen LogP contribution in [-0.4, -0.2) is 30.9 Å². The van der Waals surface area contributed by atoms with Crippen LogP contribution in [0.5, 0.6) is 0 Å². The molecule has 0 aliphatic rings. The fraction of sp³-hybridized carbons (Fsp3) is 0.429. The van der Waals surface area contributed by atoms with Crippen LogP contribution in [0.1, 0.15) is 29.3 Å². The molecule has 0 radical (unpaired) electrons. The molecule has 1 rings (SSSR count). The van der Waals surface area contributed by atoms with Crippen molar-refractivity contribution in [3.8, 4) is 6.07 Å². The lowest BCUT2D eigenvalue weighted by Gasteiger charge is -2.23. The van der Waals surface area contributed by atoms with Crippen LogP contribution >= 0.6 is 0 Å². The summed E-state index contributed by atoms with van der Waals surface area (Å²) >= 11 is 0. The third kappa shape index (κ3) is 3.01. The van der Waals surface area contributed by atoms with Gasteiger partial charge >= 0.3 is 0 Å². The van der Waals surface area contributed by atoms with E-state index >= 15 is 0 Å². The molecule has 0 saturated heterocycles. The molecular weight excluding hydrogens is 226 g/mol. The second-order valence-electron chi connectivity index (χ2n) is 4.41. The average molecular weight is 245 g/mol. The van der Waals surface area contributed by atoms with Crippen LogP contribution in [0.3, 0.4) is 0 Å². The molecule has 1 aromatic rings. The fourth-order valence-electron chi connectivity index (χ4n) is 1.75. The van der Waals surface area contributed by atoms with Crippen LogP contribution in [0, 0.1) is 18.3 Å². The van der Waals surface area contributed by atoms with Crippen molar-refractivity contribution in [1.82, 2.24) is 4.90 Å². The van der Waals surface area contributed by atoms with Gasteiger partial charge < -0.3 is 10.2 Å². The molecule has 4 heteroatoms. The largest absolute Gasteiger partial charge is 0.388 e. The quantitative estimate of drug-likeness (QED) is 0.886. The van der Waals surface area contributed by atoms with Crippen molar-refractivity contribution < 1.29 is 4.79 Å². The number of amides is 1. The lowest BCUT2D eigenvalue weighted by Crippen LogP contribution is -2.34. The Hall–Kier alpha value is -2.02. The summed E-state index contributed by atoms with van der Waals surface area (Å²) in [5.74, 6) is -0.0523. The molecule has 18 heavy (non-hydrogen) atoms. The predicted molar refractivity (Wildman–Crippen MR) is 72.5 cm³/mol. The first kappa shape index (κ1) is 14.0. The topological polar surface area (TPSA) is 56.1 Å². The first-order chi connectivity index (χ1) is 8.51. The molecule has 1 amide bonds. The molecule has 1 aromatic carbocycles. The zero-order valence-corrected chi connectivity index (χ0v) is 11.3. The molecule has 96 valence electrons. The molecule has 1 atom stereocenters. The number of carbonyl (C=O) groups is 1. The van der Waals surface area contributed by atoms with Gasteiger partial charge in [-0.15, -0.1) is 0 Å². The van der Waals surface area contributed by atoms with Crippen molar-refractivity contribution in [2.24, 2.45) is 0 Å². The van der Waals surface area contributed by atoms with Crippen molar-refractivity contribution in [2.45, 2.75) is 26.3 Å². The normalized spacial score (nSPS) is 11.5. The zero-order chi connectivity index (χ0) is 13.7. The SMILES string of the molecule is CNc1ccc(C(=O)N(C)C(C)CC#N)cc1C. The summed E-state index contributed by atoms with van der Waals surface area (Å²) in [7, 11) is 3.58. The standard InChI is InChI=1S/C14H19N3O/c1-10-9-12(5-6-13(10)16-3)14(18)17(4)11(2)7-8-15/h5-6,9,11,16H,7H2,1-4H3. The van der Waals surface area contributed by atoms with Gasteiger partial charge in [0.1, 0.15) is 0 Å². The van der Waals surface area contributed by atoms with Crippen LogP contribution in [0.15, 0.2) is 18.2 Å². The number of hydrogen-bond donors (Lipinski definition) is 1. The number of rotatable bonds is 4. The number of nitrogens with zero attached hydrogens (tertiary/aromatic N) is 2. The van der Waals surface area contributed by atoms with E-state index < -0.39 is 0 Å². The minimum Gasteiger partial charge on any atom is -0.388 e. The number of anilines is 1. The molecule has 0 fully saturated rings. The van der Waals surface area contributed by atoms with E-state index in [-0.39, 0.29) is 11.9 Å². The summed E-state index contributed by atoms with van der Waals surface area (Å²) in [4.78, 5) is 13.8. The van der Waals surface area contributed by atoms with Gasteiger partial charge in [-0.25, -0.2) is 0 Å². The van der Waals surface area contributed by atoms with Crippen molar-refractivity contribution >= 4 is 11.6 Å². The highest BCUT2D eigenvalue weighted by atomic mass is 16.2. The maximum atomic E-state index is 12.2. The van der Waals surface area contributed by atoms with E-state index in [1.807, 2.05) is 33.0 Å². The average Bonchev–Trinajstić information content (AvgIpc) is 2.37. The van der Waals surface area contributed by atoms with Crippen LogP contribution in [0.25, 0.3) is 0 Å². The van der Waals surface area contributed by atoms with Crippen LogP contribution in [-0.2, 0) is 0 Å².